The molecule has 0 amide bonds. The molecule has 3 atom stereocenters. The first-order chi connectivity index (χ1) is 8.27. The van der Waals surface area contributed by atoms with Crippen LogP contribution in [0.3, 0.4) is 0 Å². The van der Waals surface area contributed by atoms with Crippen LogP contribution in [0.4, 0.5) is 0 Å². The minimum Gasteiger partial charge on any atom is -0.0888 e. The van der Waals surface area contributed by atoms with E-state index < -0.39 is 0 Å². The molecule has 0 saturated heterocycles. The molecule has 1 saturated carbocycles. The van der Waals surface area contributed by atoms with Crippen LogP contribution in [0.5, 0.6) is 0 Å². The summed E-state index contributed by atoms with van der Waals surface area (Å²) in [5, 5.41) is 2.81. The number of hydrogen-bond donors (Lipinski definition) is 0. The van der Waals surface area contributed by atoms with Crippen molar-refractivity contribution in [2.45, 2.75) is 30.5 Å². The zero-order valence-corrected chi connectivity index (χ0v) is 11.7. The van der Waals surface area contributed by atoms with Crippen LogP contribution in [-0.4, -0.2) is 4.83 Å². The summed E-state index contributed by atoms with van der Waals surface area (Å²) in [5.74, 6) is 1.45. The van der Waals surface area contributed by atoms with E-state index in [-0.39, 0.29) is 0 Å². The summed E-state index contributed by atoms with van der Waals surface area (Å²) in [6.07, 6.45) is 2.61. The van der Waals surface area contributed by atoms with Gasteiger partial charge in [0.05, 0.1) is 0 Å². The second-order valence-corrected chi connectivity index (χ2v) is 6.30. The van der Waals surface area contributed by atoms with Gasteiger partial charge in [-0.3, -0.25) is 0 Å². The van der Waals surface area contributed by atoms with E-state index in [1.807, 2.05) is 0 Å². The van der Waals surface area contributed by atoms with E-state index in [0.717, 1.165) is 5.92 Å². The number of hydrogen-bond acceptors (Lipinski definition) is 0. The van der Waals surface area contributed by atoms with E-state index in [1.165, 1.54) is 29.2 Å². The quantitative estimate of drug-likeness (QED) is 0.639. The van der Waals surface area contributed by atoms with Gasteiger partial charge in [0.2, 0.25) is 0 Å². The first-order valence-corrected chi connectivity index (χ1v) is 7.30. The number of rotatable bonds is 1. The third-order valence-corrected chi connectivity index (χ3v) is 5.47. The highest BCUT2D eigenvalue weighted by Gasteiger charge is 2.32. The highest BCUT2D eigenvalue weighted by molar-refractivity contribution is 9.09. The summed E-state index contributed by atoms with van der Waals surface area (Å²) >= 11 is 3.81. The summed E-state index contributed by atoms with van der Waals surface area (Å²) in [5.41, 5.74) is 1.54. The van der Waals surface area contributed by atoms with Gasteiger partial charge < -0.3 is 0 Å². The van der Waals surface area contributed by atoms with E-state index in [2.05, 4.69) is 65.3 Å². The Hall–Kier alpha value is -0.820. The predicted molar refractivity (Wildman–Crippen MR) is 77.8 cm³/mol. The maximum Gasteiger partial charge on any atom is 0.0177 e. The summed E-state index contributed by atoms with van der Waals surface area (Å²) in [6.45, 7) is 2.37. The lowest BCUT2D eigenvalue weighted by Gasteiger charge is -2.19. The third kappa shape index (κ3) is 1.91. The molecule has 0 nitrogen and oxygen atoms in total. The highest BCUT2D eigenvalue weighted by atomic mass is 79.9. The molecule has 0 bridgehead atoms. The average molecular weight is 289 g/mol. The molecule has 88 valence electrons. The van der Waals surface area contributed by atoms with Crippen LogP contribution in [0, 0.1) is 5.92 Å². The van der Waals surface area contributed by atoms with Gasteiger partial charge in [0, 0.05) is 4.83 Å². The molecule has 2 aromatic carbocycles. The number of benzene rings is 2. The van der Waals surface area contributed by atoms with E-state index in [4.69, 9.17) is 0 Å². The zero-order chi connectivity index (χ0) is 11.8. The van der Waals surface area contributed by atoms with Gasteiger partial charge in [0.15, 0.2) is 0 Å². The number of fused-ring (bicyclic) bond motifs is 1. The van der Waals surface area contributed by atoms with Crippen molar-refractivity contribution in [2.24, 2.45) is 5.92 Å². The molecule has 3 unspecified atom stereocenters. The van der Waals surface area contributed by atoms with Crippen LogP contribution in [0.15, 0.2) is 42.5 Å². The van der Waals surface area contributed by atoms with Crippen molar-refractivity contribution in [1.29, 1.82) is 0 Å². The third-order valence-electron chi connectivity index (χ3n) is 4.18. The molecular weight excluding hydrogens is 272 g/mol. The zero-order valence-electron chi connectivity index (χ0n) is 10.1. The SMILES string of the molecule is CC1C(Br)CCC1c1cccc2ccccc12. The fraction of sp³-hybridized carbons (Fsp3) is 0.375. The molecule has 0 aromatic heterocycles. The molecule has 3 rings (SSSR count). The van der Waals surface area contributed by atoms with Crippen LogP contribution in [-0.2, 0) is 0 Å². The van der Waals surface area contributed by atoms with Gasteiger partial charge in [-0.25, -0.2) is 0 Å². The smallest absolute Gasteiger partial charge is 0.0177 e. The molecule has 1 heteroatoms. The first kappa shape index (κ1) is 11.3. The van der Waals surface area contributed by atoms with Gasteiger partial charge in [-0.15, -0.1) is 0 Å². The first-order valence-electron chi connectivity index (χ1n) is 6.39. The van der Waals surface area contributed by atoms with Crippen molar-refractivity contribution in [3.63, 3.8) is 0 Å². The van der Waals surface area contributed by atoms with Crippen molar-refractivity contribution in [1.82, 2.24) is 0 Å². The fourth-order valence-corrected chi connectivity index (χ4v) is 3.76. The lowest BCUT2D eigenvalue weighted by Crippen LogP contribution is -2.09. The lowest BCUT2D eigenvalue weighted by molar-refractivity contribution is 0.548. The summed E-state index contributed by atoms with van der Waals surface area (Å²) in [7, 11) is 0. The lowest BCUT2D eigenvalue weighted by atomic mass is 9.87. The van der Waals surface area contributed by atoms with Gasteiger partial charge in [-0.1, -0.05) is 65.3 Å². The maximum atomic E-state index is 3.81. The molecule has 17 heavy (non-hydrogen) atoms. The van der Waals surface area contributed by atoms with Crippen molar-refractivity contribution in [2.75, 3.05) is 0 Å². The van der Waals surface area contributed by atoms with E-state index in [0.29, 0.717) is 10.7 Å². The fourth-order valence-electron chi connectivity index (χ4n) is 3.13. The topological polar surface area (TPSA) is 0 Å². The van der Waals surface area contributed by atoms with Gasteiger partial charge in [-0.05, 0) is 41.0 Å². The Bertz CT molecular complexity index is 527. The van der Waals surface area contributed by atoms with Crippen molar-refractivity contribution < 1.29 is 0 Å². The van der Waals surface area contributed by atoms with Crippen LogP contribution in [0.25, 0.3) is 10.8 Å². The Balaban J connectivity index is 2.11. The molecule has 2 aromatic rings. The van der Waals surface area contributed by atoms with Gasteiger partial charge in [0.25, 0.3) is 0 Å². The Kier molecular flexibility index (Phi) is 2.96. The van der Waals surface area contributed by atoms with Crippen LogP contribution in [0.1, 0.15) is 31.2 Å². The second kappa shape index (κ2) is 4.45. The van der Waals surface area contributed by atoms with Gasteiger partial charge in [-0.2, -0.15) is 0 Å². The second-order valence-electron chi connectivity index (χ2n) is 5.13. The Morgan fingerprint density at radius 3 is 2.53 bits per heavy atom. The molecule has 1 fully saturated rings. The van der Waals surface area contributed by atoms with Crippen molar-refractivity contribution >= 4 is 26.7 Å². The molecule has 0 spiro atoms. The van der Waals surface area contributed by atoms with Gasteiger partial charge in [0.1, 0.15) is 0 Å². The molecule has 0 N–H and O–H groups in total. The standard InChI is InChI=1S/C16H17Br/c1-11-13(9-10-16(11)17)15-8-4-6-12-5-2-3-7-14(12)15/h2-8,11,13,16H,9-10H2,1H3. The Labute approximate surface area is 111 Å². The van der Waals surface area contributed by atoms with E-state index >= 15 is 0 Å². The molecule has 0 radical (unpaired) electrons. The summed E-state index contributed by atoms with van der Waals surface area (Å²) < 4.78 is 0. The average Bonchev–Trinajstić information content (AvgIpc) is 2.69. The minimum absolute atomic E-state index is 0.687. The molecule has 0 heterocycles. The van der Waals surface area contributed by atoms with Crippen LogP contribution < -0.4 is 0 Å². The largest absolute Gasteiger partial charge is 0.0888 e. The maximum absolute atomic E-state index is 3.81. The normalized spacial score (nSPS) is 28.7. The molecular formula is C16H17Br. The molecule has 1 aliphatic carbocycles. The number of alkyl halides is 1. The molecule has 1 aliphatic rings. The van der Waals surface area contributed by atoms with Gasteiger partial charge >= 0.3 is 0 Å². The minimum atomic E-state index is 0.687. The highest BCUT2D eigenvalue weighted by Crippen LogP contribution is 2.44. The summed E-state index contributed by atoms with van der Waals surface area (Å²) in [6, 6.07) is 15.5. The number of halogens is 1. The monoisotopic (exact) mass is 288 g/mol. The predicted octanol–water partition coefficient (Wildman–Crippen LogP) is 5.12. The van der Waals surface area contributed by atoms with E-state index in [9.17, 15) is 0 Å². The van der Waals surface area contributed by atoms with Crippen LogP contribution in [0.2, 0.25) is 0 Å². The van der Waals surface area contributed by atoms with E-state index in [1.54, 1.807) is 0 Å². The summed E-state index contributed by atoms with van der Waals surface area (Å²) in [4.78, 5) is 0.687. The van der Waals surface area contributed by atoms with Crippen LogP contribution >= 0.6 is 15.9 Å². The van der Waals surface area contributed by atoms with Crippen molar-refractivity contribution in [3.05, 3.63) is 48.0 Å². The Morgan fingerprint density at radius 2 is 1.76 bits per heavy atom. The van der Waals surface area contributed by atoms with Crippen molar-refractivity contribution in [3.8, 4) is 0 Å². The Morgan fingerprint density at radius 1 is 1.00 bits per heavy atom. The molecule has 0 aliphatic heterocycles.